The molecule has 1 aliphatic rings. The van der Waals surface area contributed by atoms with Gasteiger partial charge in [-0.2, -0.15) is 0 Å². The Morgan fingerprint density at radius 3 is 3.22 bits per heavy atom. The molecule has 18 heavy (non-hydrogen) atoms. The highest BCUT2D eigenvalue weighted by Crippen LogP contribution is 2.20. The molecule has 6 nitrogen and oxygen atoms in total. The van der Waals surface area contributed by atoms with Crippen molar-refractivity contribution in [1.29, 1.82) is 0 Å². The summed E-state index contributed by atoms with van der Waals surface area (Å²) in [6.45, 7) is 4.16. The van der Waals surface area contributed by atoms with Gasteiger partial charge in [-0.05, 0) is 13.0 Å². The van der Waals surface area contributed by atoms with Gasteiger partial charge >= 0.3 is 0 Å². The normalized spacial score (nSPS) is 19.6. The van der Waals surface area contributed by atoms with Crippen molar-refractivity contribution >= 4 is 17.3 Å². The van der Waals surface area contributed by atoms with E-state index in [1.165, 1.54) is 0 Å². The molecule has 1 fully saturated rings. The van der Waals surface area contributed by atoms with Crippen LogP contribution in [0, 0.1) is 0 Å². The maximum absolute atomic E-state index is 12.0. The number of pyridine rings is 1. The van der Waals surface area contributed by atoms with Crippen LogP contribution in [0.25, 0.3) is 0 Å². The van der Waals surface area contributed by atoms with Gasteiger partial charge in [-0.1, -0.05) is 0 Å². The maximum Gasteiger partial charge on any atom is 0.245 e. The lowest BCUT2D eigenvalue weighted by Gasteiger charge is -2.36. The molecule has 1 amide bonds. The third-order valence-corrected chi connectivity index (χ3v) is 2.86. The largest absolute Gasteiger partial charge is 0.397 e. The molecule has 6 heteroatoms. The first-order valence-electron chi connectivity index (χ1n) is 6.05. The molecule has 1 atom stereocenters. The van der Waals surface area contributed by atoms with Gasteiger partial charge in [0.25, 0.3) is 0 Å². The quantitative estimate of drug-likeness (QED) is 0.789. The average molecular weight is 250 g/mol. The lowest BCUT2D eigenvalue weighted by Crippen LogP contribution is -2.54. The van der Waals surface area contributed by atoms with Gasteiger partial charge in [0.1, 0.15) is 6.04 Å². The molecule has 3 N–H and O–H groups in total. The van der Waals surface area contributed by atoms with Crippen LogP contribution in [0.5, 0.6) is 0 Å². The number of likely N-dealkylation sites (N-methyl/N-ethyl adjacent to an activating group) is 1. The zero-order chi connectivity index (χ0) is 13.0. The predicted octanol–water partition coefficient (Wildman–Crippen LogP) is 0.00510. The smallest absolute Gasteiger partial charge is 0.245 e. The Morgan fingerprint density at radius 2 is 2.50 bits per heavy atom. The van der Waals surface area contributed by atoms with Crippen LogP contribution in [0.2, 0.25) is 0 Å². The second-order valence-electron chi connectivity index (χ2n) is 4.16. The van der Waals surface area contributed by atoms with Crippen molar-refractivity contribution in [3.05, 3.63) is 18.5 Å². The minimum atomic E-state index is -0.317. The molecule has 2 rings (SSSR count). The van der Waals surface area contributed by atoms with Crippen LogP contribution in [-0.4, -0.2) is 43.2 Å². The second-order valence-corrected chi connectivity index (χ2v) is 4.16. The highest BCUT2D eigenvalue weighted by molar-refractivity contribution is 5.85. The van der Waals surface area contributed by atoms with Gasteiger partial charge < -0.3 is 20.7 Å². The number of aromatic nitrogens is 1. The first-order chi connectivity index (χ1) is 8.72. The van der Waals surface area contributed by atoms with E-state index < -0.39 is 0 Å². The van der Waals surface area contributed by atoms with Crippen LogP contribution in [-0.2, 0) is 9.53 Å². The lowest BCUT2D eigenvalue weighted by molar-refractivity contribution is -0.124. The van der Waals surface area contributed by atoms with Crippen molar-refractivity contribution in [2.45, 2.75) is 13.0 Å². The van der Waals surface area contributed by atoms with E-state index in [1.54, 1.807) is 12.4 Å². The van der Waals surface area contributed by atoms with Crippen LogP contribution < -0.4 is 16.0 Å². The van der Waals surface area contributed by atoms with E-state index in [2.05, 4.69) is 10.3 Å². The van der Waals surface area contributed by atoms with E-state index in [0.29, 0.717) is 32.0 Å². The Labute approximate surface area is 106 Å². The van der Waals surface area contributed by atoms with E-state index in [1.807, 2.05) is 17.9 Å². The summed E-state index contributed by atoms with van der Waals surface area (Å²) in [6.07, 6.45) is 3.30. The van der Waals surface area contributed by atoms with Gasteiger partial charge in [-0.3, -0.25) is 9.78 Å². The third kappa shape index (κ3) is 2.70. The fourth-order valence-corrected chi connectivity index (χ4v) is 2.02. The summed E-state index contributed by atoms with van der Waals surface area (Å²) in [5, 5.41) is 2.82. The second kappa shape index (κ2) is 5.68. The standard InChI is InChI=1S/C12H18N4O2/c1-2-15-12(17)11-8-18-4-3-16(11)10-5-9(13)6-14-7-10/h5-7,11H,2-4,8,13H2,1H3,(H,15,17). The lowest BCUT2D eigenvalue weighted by atomic mass is 10.2. The van der Waals surface area contributed by atoms with Crippen molar-refractivity contribution in [3.63, 3.8) is 0 Å². The highest BCUT2D eigenvalue weighted by atomic mass is 16.5. The number of carbonyl (C=O) groups is 1. The van der Waals surface area contributed by atoms with Crippen molar-refractivity contribution in [2.24, 2.45) is 0 Å². The van der Waals surface area contributed by atoms with Crippen LogP contribution in [0.1, 0.15) is 6.92 Å². The molecule has 1 unspecified atom stereocenters. The van der Waals surface area contributed by atoms with Crippen molar-refractivity contribution in [1.82, 2.24) is 10.3 Å². The minimum absolute atomic E-state index is 0.0281. The number of nitrogens with zero attached hydrogens (tertiary/aromatic N) is 2. The first kappa shape index (κ1) is 12.6. The molecule has 0 spiro atoms. The Kier molecular flexibility index (Phi) is 3.99. The molecule has 0 radical (unpaired) electrons. The number of amides is 1. The zero-order valence-corrected chi connectivity index (χ0v) is 10.4. The topological polar surface area (TPSA) is 80.5 Å². The summed E-state index contributed by atoms with van der Waals surface area (Å²) in [7, 11) is 0. The van der Waals surface area contributed by atoms with E-state index in [-0.39, 0.29) is 11.9 Å². The number of nitrogens with two attached hydrogens (primary N) is 1. The third-order valence-electron chi connectivity index (χ3n) is 2.86. The number of nitrogens with one attached hydrogen (secondary N) is 1. The number of rotatable bonds is 3. The number of morpholine rings is 1. The number of nitrogen functional groups attached to an aromatic ring is 1. The van der Waals surface area contributed by atoms with Gasteiger partial charge in [0.05, 0.1) is 30.8 Å². The molecular formula is C12H18N4O2. The number of carbonyl (C=O) groups excluding carboxylic acids is 1. The molecule has 0 aliphatic carbocycles. The van der Waals surface area contributed by atoms with Crippen LogP contribution >= 0.6 is 0 Å². The summed E-state index contributed by atoms with van der Waals surface area (Å²) in [4.78, 5) is 18.0. The number of anilines is 2. The van der Waals surface area contributed by atoms with Gasteiger partial charge in [-0.25, -0.2) is 0 Å². The Morgan fingerprint density at radius 1 is 1.67 bits per heavy atom. The average Bonchev–Trinajstić information content (AvgIpc) is 2.39. The predicted molar refractivity (Wildman–Crippen MR) is 69.3 cm³/mol. The molecule has 1 aliphatic heterocycles. The molecule has 1 aromatic heterocycles. The molecule has 1 aromatic rings. The van der Waals surface area contributed by atoms with E-state index in [0.717, 1.165) is 5.69 Å². The molecule has 98 valence electrons. The van der Waals surface area contributed by atoms with Crippen LogP contribution in [0.15, 0.2) is 18.5 Å². The van der Waals surface area contributed by atoms with Gasteiger partial charge in [-0.15, -0.1) is 0 Å². The molecule has 0 saturated carbocycles. The number of hydrogen-bond acceptors (Lipinski definition) is 5. The molecule has 0 aromatic carbocycles. The Bertz CT molecular complexity index is 424. The van der Waals surface area contributed by atoms with Gasteiger partial charge in [0.2, 0.25) is 5.91 Å². The fourth-order valence-electron chi connectivity index (χ4n) is 2.02. The number of hydrogen-bond donors (Lipinski definition) is 2. The first-order valence-corrected chi connectivity index (χ1v) is 6.05. The van der Waals surface area contributed by atoms with Crippen molar-refractivity contribution in [3.8, 4) is 0 Å². The molecule has 0 bridgehead atoms. The minimum Gasteiger partial charge on any atom is -0.397 e. The summed E-state index contributed by atoms with van der Waals surface area (Å²) >= 11 is 0. The van der Waals surface area contributed by atoms with Crippen LogP contribution in [0.3, 0.4) is 0 Å². The summed E-state index contributed by atoms with van der Waals surface area (Å²) in [5.41, 5.74) is 7.17. The monoisotopic (exact) mass is 250 g/mol. The summed E-state index contributed by atoms with van der Waals surface area (Å²) < 4.78 is 5.38. The van der Waals surface area contributed by atoms with Gasteiger partial charge in [0.15, 0.2) is 0 Å². The SMILES string of the molecule is CCNC(=O)C1COCCN1c1cncc(N)c1. The summed E-state index contributed by atoms with van der Waals surface area (Å²) in [6, 6.07) is 1.51. The maximum atomic E-state index is 12.0. The molecule has 1 saturated heterocycles. The Hall–Kier alpha value is -1.82. The highest BCUT2D eigenvalue weighted by Gasteiger charge is 2.29. The zero-order valence-electron chi connectivity index (χ0n) is 10.4. The number of ether oxygens (including phenoxy) is 1. The van der Waals surface area contributed by atoms with Crippen LogP contribution in [0.4, 0.5) is 11.4 Å². The van der Waals surface area contributed by atoms with Crippen molar-refractivity contribution in [2.75, 3.05) is 36.9 Å². The molecule has 2 heterocycles. The van der Waals surface area contributed by atoms with Gasteiger partial charge in [0, 0.05) is 19.3 Å². The van der Waals surface area contributed by atoms with Crippen molar-refractivity contribution < 1.29 is 9.53 Å². The van der Waals surface area contributed by atoms with E-state index in [9.17, 15) is 4.79 Å². The molecular weight excluding hydrogens is 232 g/mol. The van der Waals surface area contributed by atoms with E-state index >= 15 is 0 Å². The fraction of sp³-hybridized carbons (Fsp3) is 0.500. The Balaban J connectivity index is 2.20. The van der Waals surface area contributed by atoms with E-state index in [4.69, 9.17) is 10.5 Å². The summed E-state index contributed by atoms with van der Waals surface area (Å²) in [5.74, 6) is -0.0281.